The third-order valence-corrected chi connectivity index (χ3v) is 4.42. The summed E-state index contributed by atoms with van der Waals surface area (Å²) in [4.78, 5) is 0. The van der Waals surface area contributed by atoms with Gasteiger partial charge in [0.1, 0.15) is 11.6 Å². The van der Waals surface area contributed by atoms with Crippen LogP contribution in [0, 0.1) is 5.82 Å². The number of benzene rings is 2. The fourth-order valence-electron chi connectivity index (χ4n) is 2.19. The lowest BCUT2D eigenvalue weighted by molar-refractivity contribution is 0.305. The highest BCUT2D eigenvalue weighted by Crippen LogP contribution is 2.19. The fraction of sp³-hybridized carbons (Fsp3) is 0.300. The van der Waals surface area contributed by atoms with Gasteiger partial charge in [-0.3, -0.25) is 0 Å². The van der Waals surface area contributed by atoms with Gasteiger partial charge in [0.15, 0.2) is 5.17 Å². The molecule has 0 amide bonds. The number of hydrogen-bond donors (Lipinski definition) is 1. The van der Waals surface area contributed by atoms with E-state index in [4.69, 9.17) is 10.5 Å². The van der Waals surface area contributed by atoms with Crippen molar-refractivity contribution in [2.75, 3.05) is 6.61 Å². The summed E-state index contributed by atoms with van der Waals surface area (Å²) < 4.78 is 19.2. The number of halogens is 1. The second-order valence-corrected chi connectivity index (χ2v) is 6.69. The van der Waals surface area contributed by atoms with Crippen LogP contribution in [0.1, 0.15) is 37.3 Å². The summed E-state index contributed by atoms with van der Waals surface area (Å²) in [7, 11) is 0. The Morgan fingerprint density at radius 2 is 2.00 bits per heavy atom. The Morgan fingerprint density at radius 3 is 2.77 bits per heavy atom. The van der Waals surface area contributed by atoms with Gasteiger partial charge >= 0.3 is 0 Å². The van der Waals surface area contributed by atoms with Crippen LogP contribution in [0.5, 0.6) is 5.75 Å². The van der Waals surface area contributed by atoms with Crippen LogP contribution >= 0.6 is 11.8 Å². The summed E-state index contributed by atoms with van der Waals surface area (Å²) in [6.45, 7) is 2.73. The molecule has 0 atom stereocenters. The van der Waals surface area contributed by atoms with Gasteiger partial charge in [0.25, 0.3) is 0 Å². The average molecular weight is 373 g/mol. The smallest absolute Gasteiger partial charge is 0.180 e. The van der Waals surface area contributed by atoms with Gasteiger partial charge in [-0.25, -0.2) is 4.39 Å². The molecular formula is C20H24FN3OS. The maximum absolute atomic E-state index is 13.5. The number of hydrogen-bond acceptors (Lipinski definition) is 4. The van der Waals surface area contributed by atoms with Gasteiger partial charge in [0.2, 0.25) is 0 Å². The monoisotopic (exact) mass is 373 g/mol. The van der Waals surface area contributed by atoms with E-state index >= 15 is 0 Å². The first-order valence-electron chi connectivity index (χ1n) is 8.64. The molecule has 2 N–H and O–H groups in total. The number of ether oxygens (including phenoxy) is 1. The van der Waals surface area contributed by atoms with E-state index in [1.807, 2.05) is 30.3 Å². The summed E-state index contributed by atoms with van der Waals surface area (Å²) in [5.74, 6) is 0.969. The minimum absolute atomic E-state index is 0.345. The van der Waals surface area contributed by atoms with Crippen molar-refractivity contribution >= 4 is 23.1 Å². The largest absolute Gasteiger partial charge is 0.493 e. The van der Waals surface area contributed by atoms with Crippen molar-refractivity contribution in [1.29, 1.82) is 0 Å². The molecule has 0 aliphatic carbocycles. The quantitative estimate of drug-likeness (QED) is 0.292. The van der Waals surface area contributed by atoms with Crippen LogP contribution in [0.3, 0.4) is 0 Å². The van der Waals surface area contributed by atoms with Crippen molar-refractivity contribution in [3.8, 4) is 5.75 Å². The molecule has 0 aliphatic heterocycles. The van der Waals surface area contributed by atoms with Crippen molar-refractivity contribution in [3.05, 3.63) is 65.5 Å². The number of nitrogens with zero attached hydrogens (tertiary/aromatic N) is 2. The van der Waals surface area contributed by atoms with Gasteiger partial charge in [0.05, 0.1) is 12.8 Å². The third kappa shape index (κ3) is 7.27. The molecule has 0 aliphatic rings. The molecular weight excluding hydrogens is 349 g/mol. The Kier molecular flexibility index (Phi) is 8.69. The minimum atomic E-state index is -0.345. The first kappa shape index (κ1) is 20.0. The molecule has 0 spiro atoms. The SMILES string of the molecule is CCCCCOc1ccc(F)cc1C=NN=C(N)SCc1ccccc1. The Morgan fingerprint density at radius 1 is 1.19 bits per heavy atom. The predicted octanol–water partition coefficient (Wildman–Crippen LogP) is 4.98. The van der Waals surface area contributed by atoms with E-state index < -0.39 is 0 Å². The summed E-state index contributed by atoms with van der Waals surface area (Å²) >= 11 is 1.40. The van der Waals surface area contributed by atoms with E-state index in [2.05, 4.69) is 17.1 Å². The van der Waals surface area contributed by atoms with Gasteiger partial charge in [-0.15, -0.1) is 5.10 Å². The van der Waals surface area contributed by atoms with Crippen LogP contribution in [-0.2, 0) is 5.75 Å². The van der Waals surface area contributed by atoms with Gasteiger partial charge in [0, 0.05) is 11.3 Å². The lowest BCUT2D eigenvalue weighted by atomic mass is 10.2. The first-order valence-corrected chi connectivity index (χ1v) is 9.63. The van der Waals surface area contributed by atoms with Gasteiger partial charge < -0.3 is 10.5 Å². The second-order valence-electron chi connectivity index (χ2n) is 5.69. The van der Waals surface area contributed by atoms with Crippen LogP contribution in [0.15, 0.2) is 58.7 Å². The van der Waals surface area contributed by atoms with Crippen LogP contribution in [0.4, 0.5) is 4.39 Å². The molecule has 2 aromatic carbocycles. The zero-order valence-electron chi connectivity index (χ0n) is 14.9. The average Bonchev–Trinajstić information content (AvgIpc) is 2.66. The summed E-state index contributed by atoms with van der Waals surface area (Å²) in [6.07, 6.45) is 4.65. The van der Waals surface area contributed by atoms with E-state index in [-0.39, 0.29) is 5.82 Å². The zero-order chi connectivity index (χ0) is 18.6. The second kappa shape index (κ2) is 11.3. The van der Waals surface area contributed by atoms with E-state index in [1.54, 1.807) is 6.07 Å². The van der Waals surface area contributed by atoms with E-state index in [0.29, 0.717) is 23.1 Å². The lowest BCUT2D eigenvalue weighted by Crippen LogP contribution is -2.06. The highest BCUT2D eigenvalue weighted by molar-refractivity contribution is 8.13. The molecule has 2 rings (SSSR count). The summed E-state index contributed by atoms with van der Waals surface area (Å²) in [6, 6.07) is 14.3. The number of rotatable bonds is 9. The van der Waals surface area contributed by atoms with Crippen molar-refractivity contribution < 1.29 is 9.13 Å². The molecule has 6 heteroatoms. The number of thioether (sulfide) groups is 1. The fourth-order valence-corrected chi connectivity index (χ4v) is 2.81. The zero-order valence-corrected chi connectivity index (χ0v) is 15.7. The van der Waals surface area contributed by atoms with Crippen molar-refractivity contribution in [1.82, 2.24) is 0 Å². The van der Waals surface area contributed by atoms with Crippen molar-refractivity contribution in [2.45, 2.75) is 31.9 Å². The molecule has 0 radical (unpaired) electrons. The third-order valence-electron chi connectivity index (χ3n) is 3.56. The molecule has 0 fully saturated rings. The molecule has 0 unspecified atom stereocenters. The highest BCUT2D eigenvalue weighted by atomic mass is 32.2. The van der Waals surface area contributed by atoms with E-state index in [9.17, 15) is 4.39 Å². The molecule has 0 heterocycles. The summed E-state index contributed by atoms with van der Waals surface area (Å²) in [5, 5.41) is 8.29. The van der Waals surface area contributed by atoms with Crippen molar-refractivity contribution in [2.24, 2.45) is 15.9 Å². The maximum atomic E-state index is 13.5. The van der Waals surface area contributed by atoms with Crippen LogP contribution in [-0.4, -0.2) is 18.0 Å². The molecule has 138 valence electrons. The lowest BCUT2D eigenvalue weighted by Gasteiger charge is -2.08. The molecule has 0 saturated heterocycles. The minimum Gasteiger partial charge on any atom is -0.493 e. The Balaban J connectivity index is 1.93. The van der Waals surface area contributed by atoms with Gasteiger partial charge in [-0.05, 0) is 30.2 Å². The van der Waals surface area contributed by atoms with Crippen LogP contribution in [0.2, 0.25) is 0 Å². The van der Waals surface area contributed by atoms with E-state index in [0.717, 1.165) is 30.6 Å². The number of nitrogens with two attached hydrogens (primary N) is 1. The topological polar surface area (TPSA) is 60.0 Å². The molecule has 0 bridgehead atoms. The summed E-state index contributed by atoms with van der Waals surface area (Å²) in [5.41, 5.74) is 7.57. The number of amidine groups is 1. The molecule has 0 saturated carbocycles. The normalized spacial score (nSPS) is 11.8. The maximum Gasteiger partial charge on any atom is 0.180 e. The van der Waals surface area contributed by atoms with Gasteiger partial charge in [-0.2, -0.15) is 5.10 Å². The van der Waals surface area contributed by atoms with Crippen molar-refractivity contribution in [3.63, 3.8) is 0 Å². The Bertz CT molecular complexity index is 735. The van der Waals surface area contributed by atoms with Gasteiger partial charge in [-0.1, -0.05) is 61.9 Å². The Labute approximate surface area is 158 Å². The molecule has 4 nitrogen and oxygen atoms in total. The standard InChI is InChI=1S/C20H24FN3OS/c1-2-3-7-12-25-19-11-10-18(21)13-17(19)14-23-24-20(22)26-15-16-8-5-4-6-9-16/h4-6,8-11,13-14H,2-3,7,12,15H2,1H3,(H2,22,24). The first-order chi connectivity index (χ1) is 12.7. The number of unbranched alkanes of at least 4 members (excludes halogenated alkanes) is 2. The Hall–Kier alpha value is -2.34. The highest BCUT2D eigenvalue weighted by Gasteiger charge is 2.04. The predicted molar refractivity (Wildman–Crippen MR) is 108 cm³/mol. The van der Waals surface area contributed by atoms with Crippen LogP contribution in [0.25, 0.3) is 0 Å². The molecule has 26 heavy (non-hydrogen) atoms. The molecule has 0 aromatic heterocycles. The molecule has 2 aromatic rings. The van der Waals surface area contributed by atoms with Crippen LogP contribution < -0.4 is 10.5 Å². The van der Waals surface area contributed by atoms with E-state index in [1.165, 1.54) is 30.1 Å².